The van der Waals surface area contributed by atoms with E-state index in [1.54, 1.807) is 0 Å². The molecule has 0 saturated heterocycles. The fourth-order valence-electron chi connectivity index (χ4n) is 1.34. The van der Waals surface area contributed by atoms with Crippen LogP contribution in [0.3, 0.4) is 0 Å². The minimum atomic E-state index is -3.02. The molecule has 0 aromatic rings. The lowest BCUT2D eigenvalue weighted by Crippen LogP contribution is -2.43. The lowest BCUT2D eigenvalue weighted by molar-refractivity contribution is 0.254. The van der Waals surface area contributed by atoms with Gasteiger partial charge in [-0.2, -0.15) is 0 Å². The number of hydrogen-bond acceptors (Lipinski definition) is 5. The highest BCUT2D eigenvalue weighted by Crippen LogP contribution is 2.28. The van der Waals surface area contributed by atoms with Gasteiger partial charge in [-0.15, -0.1) is 0 Å². The molecule has 0 radical (unpaired) electrons. The van der Waals surface area contributed by atoms with Crippen LogP contribution in [0.4, 0.5) is 0 Å². The topological polar surface area (TPSA) is 58.2 Å². The van der Waals surface area contributed by atoms with Crippen molar-refractivity contribution in [2.45, 2.75) is 18.9 Å². The molecule has 0 heterocycles. The van der Waals surface area contributed by atoms with Crippen LogP contribution in [0.15, 0.2) is 0 Å². The van der Waals surface area contributed by atoms with E-state index >= 15 is 0 Å². The molecule has 0 aromatic heterocycles. The monoisotopic (exact) mass is 242 g/mol. The fraction of sp³-hybridized carbons (Fsp3) is 1.00. The molecule has 1 aliphatic rings. The van der Waals surface area contributed by atoms with E-state index in [0.717, 1.165) is 12.8 Å². The van der Waals surface area contributed by atoms with Crippen LogP contribution in [0.1, 0.15) is 12.8 Å². The molecule has 0 spiro atoms. The van der Waals surface area contributed by atoms with E-state index in [1.165, 1.54) is 17.2 Å². The van der Waals surface area contributed by atoms with Crippen molar-refractivity contribution in [2.75, 3.05) is 12.8 Å². The molecule has 0 bridgehead atoms. The second-order valence-electron chi connectivity index (χ2n) is 3.36. The third-order valence-corrected chi connectivity index (χ3v) is 3.54. The Balaban J connectivity index is 2.09. The van der Waals surface area contributed by atoms with Gasteiger partial charge in [0.2, 0.25) is 10.0 Å². The van der Waals surface area contributed by atoms with Crippen LogP contribution in [0.2, 0.25) is 0 Å². The summed E-state index contributed by atoms with van der Waals surface area (Å²) in [6.45, 7) is 0.564. The maximum absolute atomic E-state index is 10.7. The zero-order chi connectivity index (χ0) is 9.90. The second kappa shape index (κ2) is 4.88. The molecule has 4 nitrogen and oxygen atoms in total. The van der Waals surface area contributed by atoms with Gasteiger partial charge in [-0.1, -0.05) is 11.7 Å². The van der Waals surface area contributed by atoms with E-state index in [1.807, 2.05) is 0 Å². The molecule has 1 fully saturated rings. The third kappa shape index (κ3) is 4.55. The van der Waals surface area contributed by atoms with Crippen LogP contribution in [0.25, 0.3) is 0 Å². The van der Waals surface area contributed by atoms with Crippen molar-refractivity contribution in [2.24, 2.45) is 5.92 Å². The van der Waals surface area contributed by atoms with Crippen LogP contribution >= 0.6 is 22.6 Å². The first-order valence-corrected chi connectivity index (χ1v) is 7.78. The molecule has 0 unspecified atom stereocenters. The number of sulfonamides is 1. The van der Waals surface area contributed by atoms with Crippen molar-refractivity contribution in [3.63, 3.8) is 0 Å². The van der Waals surface area contributed by atoms with E-state index in [2.05, 4.69) is 21.1 Å². The number of rotatable bonds is 5. The Hall–Kier alpha value is 0.570. The van der Waals surface area contributed by atoms with Crippen LogP contribution in [-0.4, -0.2) is 27.3 Å². The highest BCUT2D eigenvalue weighted by atomic mass is 33.1. The molecule has 0 aliphatic heterocycles. The molecular formula is C6H14N2O2S3. The van der Waals surface area contributed by atoms with Gasteiger partial charge in [0, 0.05) is 12.6 Å². The summed E-state index contributed by atoms with van der Waals surface area (Å²) in [6, 6.07) is 0.494. The van der Waals surface area contributed by atoms with Gasteiger partial charge >= 0.3 is 0 Å². The van der Waals surface area contributed by atoms with Crippen molar-refractivity contribution in [1.82, 2.24) is 9.44 Å². The first-order chi connectivity index (χ1) is 6.01. The van der Waals surface area contributed by atoms with Crippen molar-refractivity contribution in [3.05, 3.63) is 0 Å². The molecule has 7 heteroatoms. The van der Waals surface area contributed by atoms with E-state index in [-0.39, 0.29) is 0 Å². The summed E-state index contributed by atoms with van der Waals surface area (Å²) in [7, 11) is -1.70. The lowest BCUT2D eigenvalue weighted by Gasteiger charge is -2.34. The third-order valence-electron chi connectivity index (χ3n) is 2.09. The predicted molar refractivity (Wildman–Crippen MR) is 59.1 cm³/mol. The van der Waals surface area contributed by atoms with E-state index in [4.69, 9.17) is 0 Å². The van der Waals surface area contributed by atoms with Gasteiger partial charge in [0.15, 0.2) is 0 Å². The normalized spacial score (nSPS) is 28.5. The Morgan fingerprint density at radius 3 is 2.62 bits per heavy atom. The predicted octanol–water partition coefficient (Wildman–Crippen LogP) is 0.397. The van der Waals surface area contributed by atoms with Gasteiger partial charge in [-0.3, -0.25) is 4.72 Å². The zero-order valence-electron chi connectivity index (χ0n) is 7.36. The first kappa shape index (κ1) is 11.6. The fourth-order valence-corrected chi connectivity index (χ4v) is 2.67. The highest BCUT2D eigenvalue weighted by Gasteiger charge is 2.28. The molecule has 2 N–H and O–H groups in total. The SMILES string of the molecule is CS(=O)(=O)NCC1CC(NSS)C1. The van der Waals surface area contributed by atoms with Crippen molar-refractivity contribution in [3.8, 4) is 0 Å². The van der Waals surface area contributed by atoms with E-state index < -0.39 is 10.0 Å². The minimum Gasteiger partial charge on any atom is -0.252 e. The standard InChI is InChI=1S/C6H14N2O2S3/c1-13(9,10)7-4-5-2-6(3-5)8-12-11/h5-8,11H,2-4H2,1H3. The lowest BCUT2D eigenvalue weighted by atomic mass is 9.81. The number of hydrogen-bond donors (Lipinski definition) is 3. The smallest absolute Gasteiger partial charge is 0.208 e. The summed E-state index contributed by atoms with van der Waals surface area (Å²) in [6.07, 6.45) is 3.23. The molecule has 1 aliphatic carbocycles. The Kier molecular flexibility index (Phi) is 4.37. The average Bonchev–Trinajstić information content (AvgIpc) is 1.91. The van der Waals surface area contributed by atoms with Gasteiger partial charge in [-0.05, 0) is 29.7 Å². The quantitative estimate of drug-likeness (QED) is 0.371. The summed E-state index contributed by atoms with van der Waals surface area (Å²) >= 11 is 3.97. The van der Waals surface area contributed by atoms with Crippen molar-refractivity contribution >= 4 is 32.7 Å². The Labute approximate surface area is 88.2 Å². The number of nitrogens with one attached hydrogen (secondary N) is 2. The van der Waals surface area contributed by atoms with E-state index in [0.29, 0.717) is 18.5 Å². The molecule has 78 valence electrons. The largest absolute Gasteiger partial charge is 0.252 e. The zero-order valence-corrected chi connectivity index (χ0v) is 9.88. The Morgan fingerprint density at radius 1 is 1.54 bits per heavy atom. The Morgan fingerprint density at radius 2 is 2.15 bits per heavy atom. The van der Waals surface area contributed by atoms with Gasteiger partial charge in [0.25, 0.3) is 0 Å². The van der Waals surface area contributed by atoms with Crippen LogP contribution in [-0.2, 0) is 10.0 Å². The average molecular weight is 242 g/mol. The van der Waals surface area contributed by atoms with Gasteiger partial charge in [-0.25, -0.2) is 13.1 Å². The number of thiol groups is 1. The van der Waals surface area contributed by atoms with Gasteiger partial charge in [0.1, 0.15) is 0 Å². The molecule has 0 aromatic carbocycles. The summed E-state index contributed by atoms with van der Waals surface area (Å²) in [5.74, 6) is 0.479. The summed E-state index contributed by atoms with van der Waals surface area (Å²) in [5.41, 5.74) is 0. The molecule has 0 amide bonds. The van der Waals surface area contributed by atoms with Crippen LogP contribution in [0, 0.1) is 5.92 Å². The summed E-state index contributed by atoms with van der Waals surface area (Å²) in [5, 5.41) is 0. The van der Waals surface area contributed by atoms with Gasteiger partial charge in [0.05, 0.1) is 6.26 Å². The van der Waals surface area contributed by atoms with Gasteiger partial charge < -0.3 is 0 Å². The van der Waals surface area contributed by atoms with Crippen molar-refractivity contribution in [1.29, 1.82) is 0 Å². The molecular weight excluding hydrogens is 228 g/mol. The summed E-state index contributed by atoms with van der Waals surface area (Å²) in [4.78, 5) is 0. The van der Waals surface area contributed by atoms with E-state index in [9.17, 15) is 8.42 Å². The maximum atomic E-state index is 10.7. The van der Waals surface area contributed by atoms with Crippen LogP contribution < -0.4 is 9.44 Å². The summed E-state index contributed by atoms with van der Waals surface area (Å²) < 4.78 is 27.1. The van der Waals surface area contributed by atoms with Crippen LogP contribution in [0.5, 0.6) is 0 Å². The molecule has 1 saturated carbocycles. The Bertz CT molecular complexity index is 249. The second-order valence-corrected chi connectivity index (χ2v) is 6.16. The molecule has 0 atom stereocenters. The first-order valence-electron chi connectivity index (χ1n) is 4.02. The molecule has 13 heavy (non-hydrogen) atoms. The minimum absolute atomic E-state index is 0.479. The maximum Gasteiger partial charge on any atom is 0.208 e. The molecule has 1 rings (SSSR count). The van der Waals surface area contributed by atoms with Crippen molar-refractivity contribution < 1.29 is 8.42 Å². The highest BCUT2D eigenvalue weighted by molar-refractivity contribution is 8.67.